The number of likely N-dealkylation sites (N-methyl/N-ethyl adjacent to an activating group) is 1. The molecule has 6 nitrogen and oxygen atoms in total. The third-order valence-electron chi connectivity index (χ3n) is 5.28. The van der Waals surface area contributed by atoms with Crippen molar-refractivity contribution in [1.82, 2.24) is 4.57 Å². The Kier molecular flexibility index (Phi) is 4.07. The zero-order valence-corrected chi connectivity index (χ0v) is 15.1. The van der Waals surface area contributed by atoms with E-state index in [0.29, 0.717) is 16.8 Å². The van der Waals surface area contributed by atoms with Crippen molar-refractivity contribution in [2.75, 3.05) is 11.9 Å². The number of halogens is 3. The molecule has 29 heavy (non-hydrogen) atoms. The van der Waals surface area contributed by atoms with Crippen molar-refractivity contribution in [3.8, 4) is 5.75 Å². The van der Waals surface area contributed by atoms with Crippen molar-refractivity contribution in [2.24, 2.45) is 0 Å². The van der Waals surface area contributed by atoms with Crippen LogP contribution in [0.5, 0.6) is 5.75 Å². The van der Waals surface area contributed by atoms with Crippen molar-refractivity contribution in [1.29, 1.82) is 0 Å². The van der Waals surface area contributed by atoms with E-state index in [9.17, 15) is 33.0 Å². The number of hydrogen-bond donors (Lipinski definition) is 2. The predicted octanol–water partition coefficient (Wildman–Crippen LogP) is 3.62. The molecule has 1 aromatic heterocycles. The standard InChI is InChI=1S/C20H15F3N2O4/c1-24-13-4-2-3-12-16(13)25(18(27)15(17(12)26)19(28)29)9-14(24)10-5-7-11(8-6-10)20(21,22)23/h2-8,14,26H,9H2,1H3,(H,28,29). The summed E-state index contributed by atoms with van der Waals surface area (Å²) in [5, 5.41) is 19.9. The molecule has 3 aromatic rings. The number of aromatic nitrogens is 1. The van der Waals surface area contributed by atoms with Crippen LogP contribution < -0.4 is 10.5 Å². The number of para-hydroxylation sites is 1. The monoisotopic (exact) mass is 404 g/mol. The van der Waals surface area contributed by atoms with Gasteiger partial charge in [0.2, 0.25) is 0 Å². The average molecular weight is 404 g/mol. The van der Waals surface area contributed by atoms with Gasteiger partial charge in [0.05, 0.1) is 29.4 Å². The molecule has 0 spiro atoms. The van der Waals surface area contributed by atoms with Gasteiger partial charge >= 0.3 is 12.1 Å². The van der Waals surface area contributed by atoms with E-state index >= 15 is 0 Å². The average Bonchev–Trinajstić information content (AvgIpc) is 2.66. The number of carboxylic acid groups (broad SMARTS) is 1. The summed E-state index contributed by atoms with van der Waals surface area (Å²) in [6.07, 6.45) is -4.46. The minimum Gasteiger partial charge on any atom is -0.506 e. The van der Waals surface area contributed by atoms with Crippen LogP contribution in [0.15, 0.2) is 47.3 Å². The van der Waals surface area contributed by atoms with Crippen molar-refractivity contribution in [2.45, 2.75) is 18.8 Å². The molecule has 9 heteroatoms. The van der Waals surface area contributed by atoms with Gasteiger partial charge in [0.1, 0.15) is 5.75 Å². The van der Waals surface area contributed by atoms with Gasteiger partial charge in [0.15, 0.2) is 5.56 Å². The van der Waals surface area contributed by atoms with E-state index in [1.165, 1.54) is 22.8 Å². The van der Waals surface area contributed by atoms with Gasteiger partial charge in [-0.25, -0.2) is 4.79 Å². The van der Waals surface area contributed by atoms with E-state index in [2.05, 4.69) is 0 Å². The minimum absolute atomic E-state index is 0.0226. The highest BCUT2D eigenvalue weighted by atomic mass is 19.4. The topological polar surface area (TPSA) is 82.8 Å². The maximum Gasteiger partial charge on any atom is 0.416 e. The van der Waals surface area contributed by atoms with Crippen LogP contribution in [0.2, 0.25) is 0 Å². The second-order valence-electron chi connectivity index (χ2n) is 6.86. The molecule has 1 atom stereocenters. The molecule has 1 aliphatic heterocycles. The lowest BCUT2D eigenvalue weighted by Crippen LogP contribution is -2.38. The number of alkyl halides is 3. The summed E-state index contributed by atoms with van der Waals surface area (Å²) >= 11 is 0. The number of aromatic carboxylic acids is 1. The van der Waals surface area contributed by atoms with Gasteiger partial charge < -0.3 is 19.7 Å². The molecular weight excluding hydrogens is 389 g/mol. The summed E-state index contributed by atoms with van der Waals surface area (Å²) in [7, 11) is 1.73. The minimum atomic E-state index is -4.46. The van der Waals surface area contributed by atoms with Crippen molar-refractivity contribution >= 4 is 22.6 Å². The SMILES string of the molecule is CN1c2cccc3c(O)c(C(=O)O)c(=O)n(c23)CC1c1ccc(C(F)(F)F)cc1. The highest BCUT2D eigenvalue weighted by molar-refractivity contribution is 6.02. The first kappa shape index (κ1) is 18.9. The zero-order chi connectivity index (χ0) is 21.1. The molecule has 150 valence electrons. The maximum absolute atomic E-state index is 12.9. The van der Waals surface area contributed by atoms with Crippen molar-refractivity contribution < 1.29 is 28.2 Å². The molecule has 2 N–H and O–H groups in total. The molecule has 2 aromatic carbocycles. The predicted molar refractivity (Wildman–Crippen MR) is 99.4 cm³/mol. The largest absolute Gasteiger partial charge is 0.506 e. The number of nitrogens with zero attached hydrogens (tertiary/aromatic N) is 2. The molecule has 0 saturated carbocycles. The number of rotatable bonds is 2. The number of pyridine rings is 1. The van der Waals surface area contributed by atoms with Gasteiger partial charge in [0.25, 0.3) is 5.56 Å². The summed E-state index contributed by atoms with van der Waals surface area (Å²) in [6.45, 7) is 0.0226. The second kappa shape index (κ2) is 6.26. The van der Waals surface area contributed by atoms with Crippen LogP contribution in [0, 0.1) is 0 Å². The van der Waals surface area contributed by atoms with Crippen LogP contribution in [0.3, 0.4) is 0 Å². The highest BCUT2D eigenvalue weighted by Crippen LogP contribution is 2.40. The molecule has 1 unspecified atom stereocenters. The molecule has 0 bridgehead atoms. The smallest absolute Gasteiger partial charge is 0.416 e. The number of hydrogen-bond acceptors (Lipinski definition) is 4. The Labute approximate surface area is 162 Å². The Morgan fingerprint density at radius 3 is 2.38 bits per heavy atom. The van der Waals surface area contributed by atoms with E-state index in [0.717, 1.165) is 12.1 Å². The summed E-state index contributed by atoms with van der Waals surface area (Å²) in [5.41, 5.74) is -0.892. The molecule has 2 heterocycles. The first-order valence-corrected chi connectivity index (χ1v) is 8.63. The lowest BCUT2D eigenvalue weighted by atomic mass is 9.98. The quantitative estimate of drug-likeness (QED) is 0.682. The Bertz CT molecular complexity index is 1200. The third kappa shape index (κ3) is 2.81. The van der Waals surface area contributed by atoms with Gasteiger partial charge in [-0.15, -0.1) is 0 Å². The number of carboxylic acids is 1. The Morgan fingerprint density at radius 1 is 1.14 bits per heavy atom. The molecule has 0 aliphatic carbocycles. The van der Waals surface area contributed by atoms with Crippen LogP contribution in [0.25, 0.3) is 10.9 Å². The number of anilines is 1. The van der Waals surface area contributed by atoms with E-state index < -0.39 is 40.6 Å². The number of aromatic hydroxyl groups is 1. The van der Waals surface area contributed by atoms with Crippen LogP contribution in [-0.2, 0) is 12.7 Å². The normalized spacial score (nSPS) is 16.3. The number of carbonyl (C=O) groups is 1. The van der Waals surface area contributed by atoms with Gasteiger partial charge in [-0.3, -0.25) is 4.79 Å². The van der Waals surface area contributed by atoms with E-state index in [1.54, 1.807) is 24.1 Å². The van der Waals surface area contributed by atoms with E-state index in [1.807, 2.05) is 0 Å². The summed E-state index contributed by atoms with van der Waals surface area (Å²) in [5.74, 6) is -2.15. The Balaban J connectivity index is 1.90. The van der Waals surface area contributed by atoms with Crippen molar-refractivity contribution in [3.05, 3.63) is 69.5 Å². The van der Waals surface area contributed by atoms with Gasteiger partial charge in [-0.2, -0.15) is 13.2 Å². The van der Waals surface area contributed by atoms with Crippen molar-refractivity contribution in [3.63, 3.8) is 0 Å². The molecular formula is C20H15F3N2O4. The Morgan fingerprint density at radius 2 is 1.79 bits per heavy atom. The summed E-state index contributed by atoms with van der Waals surface area (Å²) in [4.78, 5) is 26.1. The van der Waals surface area contributed by atoms with Crippen LogP contribution in [0.1, 0.15) is 27.5 Å². The van der Waals surface area contributed by atoms with Gasteiger partial charge in [-0.1, -0.05) is 18.2 Å². The lowest BCUT2D eigenvalue weighted by molar-refractivity contribution is -0.137. The molecule has 0 fully saturated rings. The molecule has 4 rings (SSSR count). The van der Waals surface area contributed by atoms with Crippen LogP contribution in [-0.4, -0.2) is 27.8 Å². The fourth-order valence-corrected chi connectivity index (χ4v) is 3.82. The zero-order valence-electron chi connectivity index (χ0n) is 15.1. The summed E-state index contributed by atoms with van der Waals surface area (Å²) < 4.78 is 39.8. The fraction of sp³-hybridized carbons (Fsp3) is 0.200. The molecule has 0 amide bonds. The summed E-state index contributed by atoms with van der Waals surface area (Å²) in [6, 6.07) is 8.97. The molecule has 0 radical (unpaired) electrons. The first-order valence-electron chi connectivity index (χ1n) is 8.63. The highest BCUT2D eigenvalue weighted by Gasteiger charge is 2.33. The second-order valence-corrected chi connectivity index (χ2v) is 6.86. The molecule has 1 aliphatic rings. The first-order chi connectivity index (χ1) is 13.6. The van der Waals surface area contributed by atoms with E-state index in [-0.39, 0.29) is 11.9 Å². The van der Waals surface area contributed by atoms with Crippen LogP contribution in [0.4, 0.5) is 18.9 Å². The molecule has 0 saturated heterocycles. The lowest BCUT2D eigenvalue weighted by Gasteiger charge is -2.37. The van der Waals surface area contributed by atoms with Crippen LogP contribution >= 0.6 is 0 Å². The maximum atomic E-state index is 12.9. The number of benzene rings is 2. The Hall–Kier alpha value is -3.49. The van der Waals surface area contributed by atoms with E-state index in [4.69, 9.17) is 0 Å². The third-order valence-corrected chi connectivity index (χ3v) is 5.28. The van der Waals surface area contributed by atoms with Gasteiger partial charge in [0, 0.05) is 12.4 Å². The van der Waals surface area contributed by atoms with Gasteiger partial charge in [-0.05, 0) is 29.8 Å². The fourth-order valence-electron chi connectivity index (χ4n) is 3.82.